The van der Waals surface area contributed by atoms with Crippen molar-refractivity contribution >= 4 is 29.0 Å². The molecule has 0 radical (unpaired) electrons. The fourth-order valence-corrected chi connectivity index (χ4v) is 2.52. The number of rotatable bonds is 8. The third kappa shape index (κ3) is 5.10. The van der Waals surface area contributed by atoms with Crippen molar-refractivity contribution in [1.82, 2.24) is 0 Å². The summed E-state index contributed by atoms with van der Waals surface area (Å²) in [6.07, 6.45) is -1.27. The van der Waals surface area contributed by atoms with Gasteiger partial charge in [0.05, 0.1) is 25.2 Å². The summed E-state index contributed by atoms with van der Waals surface area (Å²) < 4.78 is 15.2. The molecule has 0 aliphatic carbocycles. The van der Waals surface area contributed by atoms with Gasteiger partial charge in [-0.25, -0.2) is 4.79 Å². The maximum atomic E-state index is 12.5. The standard InChI is InChI=1S/C20H20N2O8/c1-11(23)13-6-5-7-14(8-13)21-19(24)12(2)30-20(25)15-9-17(28-3)18(29-4)10-16(15)22(26)27/h5-10,12H,1-4H3,(H,21,24). The molecular weight excluding hydrogens is 396 g/mol. The molecule has 0 bridgehead atoms. The van der Waals surface area contributed by atoms with Crippen molar-refractivity contribution in [2.75, 3.05) is 19.5 Å². The van der Waals surface area contributed by atoms with Crippen molar-refractivity contribution in [2.24, 2.45) is 0 Å². The number of hydrogen-bond donors (Lipinski definition) is 1. The van der Waals surface area contributed by atoms with E-state index in [2.05, 4.69) is 5.32 Å². The van der Waals surface area contributed by atoms with Crippen LogP contribution in [0, 0.1) is 10.1 Å². The molecule has 0 aliphatic heterocycles. The molecule has 10 nitrogen and oxygen atoms in total. The molecule has 1 N–H and O–H groups in total. The van der Waals surface area contributed by atoms with Gasteiger partial charge in [-0.1, -0.05) is 12.1 Å². The van der Waals surface area contributed by atoms with Gasteiger partial charge in [0, 0.05) is 17.3 Å². The number of benzene rings is 2. The van der Waals surface area contributed by atoms with Crippen LogP contribution in [0.2, 0.25) is 0 Å². The van der Waals surface area contributed by atoms with Gasteiger partial charge in [-0.05, 0) is 26.0 Å². The highest BCUT2D eigenvalue weighted by molar-refractivity contribution is 6.00. The van der Waals surface area contributed by atoms with Gasteiger partial charge in [-0.3, -0.25) is 19.7 Å². The Morgan fingerprint density at radius 1 is 1.07 bits per heavy atom. The molecule has 1 amide bonds. The minimum atomic E-state index is -1.27. The zero-order valence-corrected chi connectivity index (χ0v) is 16.8. The summed E-state index contributed by atoms with van der Waals surface area (Å²) in [4.78, 5) is 46.9. The first-order valence-electron chi connectivity index (χ1n) is 8.71. The van der Waals surface area contributed by atoms with Crippen LogP contribution in [0.5, 0.6) is 11.5 Å². The van der Waals surface area contributed by atoms with Crippen LogP contribution in [0.15, 0.2) is 36.4 Å². The topological polar surface area (TPSA) is 134 Å². The van der Waals surface area contributed by atoms with E-state index in [1.165, 1.54) is 34.1 Å². The summed E-state index contributed by atoms with van der Waals surface area (Å²) in [5.74, 6) is -1.77. The summed E-state index contributed by atoms with van der Waals surface area (Å²) in [6, 6.07) is 8.38. The molecule has 0 saturated carbocycles. The van der Waals surface area contributed by atoms with Gasteiger partial charge >= 0.3 is 5.97 Å². The highest BCUT2D eigenvalue weighted by atomic mass is 16.6. The summed E-state index contributed by atoms with van der Waals surface area (Å²) >= 11 is 0. The Morgan fingerprint density at radius 2 is 1.70 bits per heavy atom. The van der Waals surface area contributed by atoms with Gasteiger partial charge < -0.3 is 19.5 Å². The predicted molar refractivity (Wildman–Crippen MR) is 106 cm³/mol. The normalized spacial score (nSPS) is 11.2. The zero-order chi connectivity index (χ0) is 22.4. The van der Waals surface area contributed by atoms with Gasteiger partial charge in [0.25, 0.3) is 11.6 Å². The minimum Gasteiger partial charge on any atom is -0.493 e. The van der Waals surface area contributed by atoms with Crippen LogP contribution in [-0.4, -0.2) is 42.9 Å². The second kappa shape index (κ2) is 9.50. The Hall–Kier alpha value is -3.95. The number of Topliss-reactive ketones (excluding diaryl/α,β-unsaturated/α-hetero) is 1. The third-order valence-electron chi connectivity index (χ3n) is 4.11. The van der Waals surface area contributed by atoms with Crippen molar-refractivity contribution in [3.8, 4) is 11.5 Å². The Morgan fingerprint density at radius 3 is 2.27 bits per heavy atom. The van der Waals surface area contributed by atoms with Crippen LogP contribution >= 0.6 is 0 Å². The van der Waals surface area contributed by atoms with E-state index in [1.54, 1.807) is 18.2 Å². The molecule has 158 valence electrons. The number of nitro groups is 1. The smallest absolute Gasteiger partial charge is 0.346 e. The number of carbonyl (C=O) groups excluding carboxylic acids is 3. The predicted octanol–water partition coefficient (Wildman–Crippen LogP) is 3.00. The van der Waals surface area contributed by atoms with E-state index in [-0.39, 0.29) is 17.3 Å². The van der Waals surface area contributed by atoms with Crippen LogP contribution in [0.1, 0.15) is 34.6 Å². The SMILES string of the molecule is COc1cc(C(=O)OC(C)C(=O)Nc2cccc(C(C)=O)c2)c([N+](=O)[O-])cc1OC. The first-order valence-corrected chi connectivity index (χ1v) is 8.71. The Labute approximate surface area is 171 Å². The average Bonchev–Trinajstić information content (AvgIpc) is 2.72. The largest absolute Gasteiger partial charge is 0.493 e. The molecule has 2 rings (SSSR count). The molecule has 0 spiro atoms. The Balaban J connectivity index is 2.20. The summed E-state index contributed by atoms with van der Waals surface area (Å²) in [7, 11) is 2.61. The van der Waals surface area contributed by atoms with Crippen LogP contribution in [-0.2, 0) is 9.53 Å². The van der Waals surface area contributed by atoms with Gasteiger partial charge in [0.15, 0.2) is 23.4 Å². The zero-order valence-electron chi connectivity index (χ0n) is 16.8. The van der Waals surface area contributed by atoms with E-state index >= 15 is 0 Å². The molecule has 10 heteroatoms. The average molecular weight is 416 g/mol. The maximum absolute atomic E-state index is 12.5. The molecule has 2 aromatic carbocycles. The lowest BCUT2D eigenvalue weighted by Crippen LogP contribution is -2.30. The monoisotopic (exact) mass is 416 g/mol. The van der Waals surface area contributed by atoms with Crippen LogP contribution in [0.3, 0.4) is 0 Å². The van der Waals surface area contributed by atoms with Crippen molar-refractivity contribution in [3.63, 3.8) is 0 Å². The quantitative estimate of drug-likeness (QED) is 0.300. The number of hydrogen-bond acceptors (Lipinski definition) is 8. The number of ether oxygens (including phenoxy) is 3. The third-order valence-corrected chi connectivity index (χ3v) is 4.11. The summed E-state index contributed by atoms with van der Waals surface area (Å²) in [6.45, 7) is 2.70. The summed E-state index contributed by atoms with van der Waals surface area (Å²) in [5.41, 5.74) is -0.207. The van der Waals surface area contributed by atoms with Crippen LogP contribution in [0.4, 0.5) is 11.4 Å². The van der Waals surface area contributed by atoms with E-state index < -0.39 is 34.2 Å². The van der Waals surface area contributed by atoms with Gasteiger partial charge in [0.1, 0.15) is 5.56 Å². The van der Waals surface area contributed by atoms with Crippen LogP contribution < -0.4 is 14.8 Å². The number of esters is 1. The van der Waals surface area contributed by atoms with E-state index in [4.69, 9.17) is 14.2 Å². The molecule has 1 atom stereocenters. The number of nitrogens with one attached hydrogen (secondary N) is 1. The lowest BCUT2D eigenvalue weighted by molar-refractivity contribution is -0.385. The number of amides is 1. The van der Waals surface area contributed by atoms with E-state index in [1.807, 2.05) is 0 Å². The lowest BCUT2D eigenvalue weighted by Gasteiger charge is -2.15. The fraction of sp³-hybridized carbons (Fsp3) is 0.250. The number of methoxy groups -OCH3 is 2. The number of carbonyl (C=O) groups is 3. The van der Waals surface area contributed by atoms with Crippen molar-refractivity contribution in [1.29, 1.82) is 0 Å². The first kappa shape index (κ1) is 22.3. The molecule has 1 unspecified atom stereocenters. The van der Waals surface area contributed by atoms with Crippen LogP contribution in [0.25, 0.3) is 0 Å². The fourth-order valence-electron chi connectivity index (χ4n) is 2.52. The highest BCUT2D eigenvalue weighted by Crippen LogP contribution is 2.35. The second-order valence-electron chi connectivity index (χ2n) is 6.16. The van der Waals surface area contributed by atoms with E-state index in [0.29, 0.717) is 11.3 Å². The number of nitro benzene ring substituents is 1. The number of anilines is 1. The number of ketones is 1. The van der Waals surface area contributed by atoms with Gasteiger partial charge in [0.2, 0.25) is 0 Å². The van der Waals surface area contributed by atoms with Gasteiger partial charge in [-0.15, -0.1) is 0 Å². The molecule has 2 aromatic rings. The van der Waals surface area contributed by atoms with E-state index in [0.717, 1.165) is 12.1 Å². The highest BCUT2D eigenvalue weighted by Gasteiger charge is 2.28. The first-order chi connectivity index (χ1) is 14.2. The Bertz CT molecular complexity index is 1000. The molecule has 0 aliphatic rings. The van der Waals surface area contributed by atoms with E-state index in [9.17, 15) is 24.5 Å². The van der Waals surface area contributed by atoms with Crippen molar-refractivity contribution in [3.05, 3.63) is 57.6 Å². The maximum Gasteiger partial charge on any atom is 0.346 e. The Kier molecular flexibility index (Phi) is 7.08. The second-order valence-corrected chi connectivity index (χ2v) is 6.16. The van der Waals surface area contributed by atoms with Crippen molar-refractivity contribution in [2.45, 2.75) is 20.0 Å². The van der Waals surface area contributed by atoms with Crippen molar-refractivity contribution < 1.29 is 33.5 Å². The summed E-state index contributed by atoms with van der Waals surface area (Å²) in [5, 5.41) is 13.9. The lowest BCUT2D eigenvalue weighted by atomic mass is 10.1. The minimum absolute atomic E-state index is 0.0666. The molecule has 0 saturated heterocycles. The van der Waals surface area contributed by atoms with Gasteiger partial charge in [-0.2, -0.15) is 0 Å². The molecule has 0 heterocycles. The molecule has 0 fully saturated rings. The molecule has 0 aromatic heterocycles. The molecule has 30 heavy (non-hydrogen) atoms. The molecular formula is C20H20N2O8. The number of nitrogens with zero attached hydrogens (tertiary/aromatic N) is 1.